The lowest BCUT2D eigenvalue weighted by atomic mass is 9.72. The third-order valence-corrected chi connectivity index (χ3v) is 5.05. The van der Waals surface area contributed by atoms with Gasteiger partial charge in [0.2, 0.25) is 0 Å². The van der Waals surface area contributed by atoms with Crippen LogP contribution in [-0.4, -0.2) is 11.5 Å². The molecule has 2 nitrogen and oxygen atoms in total. The van der Waals surface area contributed by atoms with Gasteiger partial charge in [0, 0.05) is 22.9 Å². The first kappa shape index (κ1) is 16.0. The van der Waals surface area contributed by atoms with Gasteiger partial charge in [0.05, 0.1) is 0 Å². The highest BCUT2D eigenvalue weighted by Crippen LogP contribution is 2.40. The highest BCUT2D eigenvalue weighted by Gasteiger charge is 2.31. The molecule has 3 atom stereocenters. The maximum atomic E-state index is 4.37. The van der Waals surface area contributed by atoms with Gasteiger partial charge in [0.25, 0.3) is 0 Å². The first-order valence-corrected chi connectivity index (χ1v) is 8.89. The highest BCUT2D eigenvalue weighted by atomic mass is 79.9. The first-order valence-electron chi connectivity index (χ1n) is 8.10. The Morgan fingerprint density at radius 2 is 2.10 bits per heavy atom. The second-order valence-corrected chi connectivity index (χ2v) is 6.90. The van der Waals surface area contributed by atoms with Crippen molar-refractivity contribution in [2.24, 2.45) is 11.8 Å². The van der Waals surface area contributed by atoms with Gasteiger partial charge in [-0.05, 0) is 58.8 Å². The van der Waals surface area contributed by atoms with E-state index in [1.807, 2.05) is 12.4 Å². The van der Waals surface area contributed by atoms with E-state index in [-0.39, 0.29) is 0 Å². The van der Waals surface area contributed by atoms with Crippen molar-refractivity contribution >= 4 is 15.9 Å². The predicted octanol–water partition coefficient (Wildman–Crippen LogP) is 5.10. The lowest BCUT2D eigenvalue weighted by molar-refractivity contribution is 0.175. The van der Waals surface area contributed by atoms with E-state index in [2.05, 4.69) is 46.1 Å². The van der Waals surface area contributed by atoms with E-state index in [1.54, 1.807) is 0 Å². The SMILES string of the molecule is CCCNC(c1cncc(Br)c1)C1CCCCC1CC. The molecule has 112 valence electrons. The molecule has 20 heavy (non-hydrogen) atoms. The number of hydrogen-bond donors (Lipinski definition) is 1. The Morgan fingerprint density at radius 3 is 2.80 bits per heavy atom. The van der Waals surface area contributed by atoms with Crippen LogP contribution >= 0.6 is 15.9 Å². The number of halogens is 1. The van der Waals surface area contributed by atoms with Crippen molar-refractivity contribution in [1.29, 1.82) is 0 Å². The third-order valence-electron chi connectivity index (χ3n) is 4.62. The quantitative estimate of drug-likeness (QED) is 0.780. The lowest BCUT2D eigenvalue weighted by Crippen LogP contribution is -2.35. The molecule has 0 bridgehead atoms. The van der Waals surface area contributed by atoms with Crippen LogP contribution in [0.15, 0.2) is 22.9 Å². The minimum Gasteiger partial charge on any atom is -0.310 e. The molecule has 0 spiro atoms. The summed E-state index contributed by atoms with van der Waals surface area (Å²) in [5.74, 6) is 1.62. The van der Waals surface area contributed by atoms with Crippen LogP contribution in [0.1, 0.15) is 64.0 Å². The molecule has 1 aromatic rings. The van der Waals surface area contributed by atoms with Crippen molar-refractivity contribution < 1.29 is 0 Å². The lowest BCUT2D eigenvalue weighted by Gasteiger charge is -2.37. The number of aromatic nitrogens is 1. The molecule has 0 aromatic carbocycles. The van der Waals surface area contributed by atoms with Gasteiger partial charge in [0.1, 0.15) is 0 Å². The van der Waals surface area contributed by atoms with Gasteiger partial charge in [0.15, 0.2) is 0 Å². The van der Waals surface area contributed by atoms with E-state index < -0.39 is 0 Å². The monoisotopic (exact) mass is 338 g/mol. The Morgan fingerprint density at radius 1 is 1.30 bits per heavy atom. The average Bonchev–Trinajstić information content (AvgIpc) is 2.48. The van der Waals surface area contributed by atoms with Crippen molar-refractivity contribution in [3.63, 3.8) is 0 Å². The molecule has 0 saturated heterocycles. The molecule has 1 N–H and O–H groups in total. The van der Waals surface area contributed by atoms with Gasteiger partial charge in [-0.15, -0.1) is 0 Å². The van der Waals surface area contributed by atoms with Gasteiger partial charge in [-0.25, -0.2) is 0 Å². The normalized spacial score (nSPS) is 24.6. The number of pyridine rings is 1. The number of rotatable bonds is 6. The van der Waals surface area contributed by atoms with Crippen molar-refractivity contribution in [2.75, 3.05) is 6.54 Å². The summed E-state index contributed by atoms with van der Waals surface area (Å²) in [6, 6.07) is 2.70. The Kier molecular flexibility index (Phi) is 6.50. The molecule has 3 unspecified atom stereocenters. The van der Waals surface area contributed by atoms with Crippen molar-refractivity contribution in [3.8, 4) is 0 Å². The molecule has 2 rings (SSSR count). The number of hydrogen-bond acceptors (Lipinski definition) is 2. The Balaban J connectivity index is 2.21. The molecule has 1 aromatic heterocycles. The maximum Gasteiger partial charge on any atom is 0.0410 e. The fraction of sp³-hybridized carbons (Fsp3) is 0.706. The topological polar surface area (TPSA) is 24.9 Å². The Hall–Kier alpha value is -0.410. The van der Waals surface area contributed by atoms with E-state index in [9.17, 15) is 0 Å². The van der Waals surface area contributed by atoms with E-state index in [0.29, 0.717) is 6.04 Å². The first-order chi connectivity index (χ1) is 9.76. The molecule has 1 heterocycles. The highest BCUT2D eigenvalue weighted by molar-refractivity contribution is 9.10. The summed E-state index contributed by atoms with van der Waals surface area (Å²) < 4.78 is 1.09. The number of nitrogens with zero attached hydrogens (tertiary/aromatic N) is 1. The minimum atomic E-state index is 0.463. The zero-order chi connectivity index (χ0) is 14.4. The molecule has 0 aliphatic heterocycles. The minimum absolute atomic E-state index is 0.463. The largest absolute Gasteiger partial charge is 0.310 e. The van der Waals surface area contributed by atoms with Gasteiger partial charge in [-0.1, -0.05) is 39.5 Å². The van der Waals surface area contributed by atoms with E-state index in [0.717, 1.165) is 22.9 Å². The van der Waals surface area contributed by atoms with Crippen LogP contribution < -0.4 is 5.32 Å². The summed E-state index contributed by atoms with van der Waals surface area (Å²) >= 11 is 3.56. The molecule has 0 amide bonds. The van der Waals surface area contributed by atoms with Crippen LogP contribution in [-0.2, 0) is 0 Å². The molecular weight excluding hydrogens is 312 g/mol. The summed E-state index contributed by atoms with van der Waals surface area (Å²) in [7, 11) is 0. The van der Waals surface area contributed by atoms with Gasteiger partial charge in [-0.2, -0.15) is 0 Å². The summed E-state index contributed by atoms with van der Waals surface area (Å²) in [4.78, 5) is 4.37. The molecule has 3 heteroatoms. The number of nitrogens with one attached hydrogen (secondary N) is 1. The predicted molar refractivity (Wildman–Crippen MR) is 88.7 cm³/mol. The van der Waals surface area contributed by atoms with E-state index in [4.69, 9.17) is 0 Å². The molecule has 0 radical (unpaired) electrons. The van der Waals surface area contributed by atoms with Crippen molar-refractivity contribution in [2.45, 2.75) is 58.4 Å². The van der Waals surface area contributed by atoms with Gasteiger partial charge in [-0.3, -0.25) is 4.98 Å². The van der Waals surface area contributed by atoms with Crippen LogP contribution in [0.25, 0.3) is 0 Å². The Bertz CT molecular complexity index is 408. The van der Waals surface area contributed by atoms with Gasteiger partial charge >= 0.3 is 0 Å². The summed E-state index contributed by atoms with van der Waals surface area (Å²) in [6.07, 6.45) is 11.9. The summed E-state index contributed by atoms with van der Waals surface area (Å²) in [6.45, 7) is 5.67. The summed E-state index contributed by atoms with van der Waals surface area (Å²) in [5.41, 5.74) is 1.35. The van der Waals surface area contributed by atoms with Crippen LogP contribution in [0.3, 0.4) is 0 Å². The standard InChI is InChI=1S/C17H27BrN2/c1-3-9-20-17(14-10-15(18)12-19-11-14)16-8-6-5-7-13(16)4-2/h10-13,16-17,20H,3-9H2,1-2H3. The van der Waals surface area contributed by atoms with Gasteiger partial charge < -0.3 is 5.32 Å². The molecule has 1 aliphatic rings. The second-order valence-electron chi connectivity index (χ2n) is 5.98. The Labute approximate surface area is 131 Å². The van der Waals surface area contributed by atoms with Crippen molar-refractivity contribution in [1.82, 2.24) is 10.3 Å². The molecular formula is C17H27BrN2. The van der Waals surface area contributed by atoms with E-state index >= 15 is 0 Å². The van der Waals surface area contributed by atoms with Crippen molar-refractivity contribution in [3.05, 3.63) is 28.5 Å². The van der Waals surface area contributed by atoms with Crippen LogP contribution in [0, 0.1) is 11.8 Å². The maximum absolute atomic E-state index is 4.37. The third kappa shape index (κ3) is 4.05. The second kappa shape index (κ2) is 8.14. The van der Waals surface area contributed by atoms with Crippen LogP contribution in [0.4, 0.5) is 0 Å². The van der Waals surface area contributed by atoms with Crippen LogP contribution in [0.5, 0.6) is 0 Å². The zero-order valence-electron chi connectivity index (χ0n) is 12.7. The zero-order valence-corrected chi connectivity index (χ0v) is 14.3. The molecule has 1 fully saturated rings. The van der Waals surface area contributed by atoms with E-state index in [1.165, 1.54) is 44.1 Å². The fourth-order valence-corrected chi connectivity index (χ4v) is 3.98. The molecule has 1 aliphatic carbocycles. The molecule has 1 saturated carbocycles. The average molecular weight is 339 g/mol. The summed E-state index contributed by atoms with van der Waals surface area (Å²) in [5, 5.41) is 3.79. The smallest absolute Gasteiger partial charge is 0.0410 e. The van der Waals surface area contributed by atoms with Crippen LogP contribution in [0.2, 0.25) is 0 Å². The fourth-order valence-electron chi connectivity index (χ4n) is 3.60.